The predicted octanol–water partition coefficient (Wildman–Crippen LogP) is 3.33. The summed E-state index contributed by atoms with van der Waals surface area (Å²) in [6.07, 6.45) is 0. The number of carboxylic acids is 1. The van der Waals surface area contributed by atoms with Crippen LogP contribution in [0.25, 0.3) is 34.0 Å². The number of nitrogens with zero attached hydrogens (tertiary/aromatic N) is 2. The van der Waals surface area contributed by atoms with Gasteiger partial charge in [0.05, 0.1) is 5.56 Å². The van der Waals surface area contributed by atoms with Crippen LogP contribution < -0.4 is 0 Å². The quantitative estimate of drug-likeness (QED) is 0.605. The van der Waals surface area contributed by atoms with E-state index in [1.165, 1.54) is 12.1 Å². The van der Waals surface area contributed by atoms with Crippen LogP contribution in [-0.2, 0) is 0 Å². The van der Waals surface area contributed by atoms with Crippen LogP contribution in [-0.4, -0.2) is 21.0 Å². The van der Waals surface area contributed by atoms with E-state index in [-0.39, 0.29) is 17.3 Å². The summed E-state index contributed by atoms with van der Waals surface area (Å²) in [6.45, 7) is 0. The zero-order valence-corrected chi connectivity index (χ0v) is 10.6. The van der Waals surface area contributed by atoms with Crippen LogP contribution in [0, 0.1) is 0 Å². The van der Waals surface area contributed by atoms with Gasteiger partial charge in [-0.15, -0.1) is 0 Å². The number of aromatic nitrogens is 2. The van der Waals surface area contributed by atoms with Crippen LogP contribution in [0.2, 0.25) is 0 Å². The summed E-state index contributed by atoms with van der Waals surface area (Å²) in [5, 5.41) is 8.97. The number of hydrogen-bond donors (Lipinski definition) is 1. The zero-order chi connectivity index (χ0) is 14.4. The summed E-state index contributed by atoms with van der Waals surface area (Å²) < 4.78 is 11.1. The number of carboxylic acid groups (broad SMARTS) is 1. The smallest absolute Gasteiger partial charge is 0.335 e. The van der Waals surface area contributed by atoms with Gasteiger partial charge in [-0.1, -0.05) is 12.1 Å². The number of oxazole rings is 2. The second-order valence-electron chi connectivity index (χ2n) is 4.49. The first-order valence-electron chi connectivity index (χ1n) is 6.20. The summed E-state index contributed by atoms with van der Waals surface area (Å²) in [5.74, 6) is -0.523. The molecule has 0 radical (unpaired) electrons. The Morgan fingerprint density at radius 3 is 2.29 bits per heavy atom. The lowest BCUT2D eigenvalue weighted by atomic mass is 10.2. The van der Waals surface area contributed by atoms with Gasteiger partial charge >= 0.3 is 5.97 Å². The lowest BCUT2D eigenvalue weighted by Gasteiger charge is -1.91. The van der Waals surface area contributed by atoms with Crippen LogP contribution in [0.1, 0.15) is 10.4 Å². The largest absolute Gasteiger partial charge is 0.478 e. The fourth-order valence-electron chi connectivity index (χ4n) is 2.11. The Kier molecular flexibility index (Phi) is 2.32. The van der Waals surface area contributed by atoms with E-state index in [0.29, 0.717) is 22.2 Å². The summed E-state index contributed by atoms with van der Waals surface area (Å²) in [7, 11) is 0. The Morgan fingerprint density at radius 1 is 0.905 bits per heavy atom. The van der Waals surface area contributed by atoms with Gasteiger partial charge in [0.2, 0.25) is 0 Å². The number of fused-ring (bicyclic) bond motifs is 2. The van der Waals surface area contributed by atoms with Gasteiger partial charge in [-0.05, 0) is 30.3 Å². The van der Waals surface area contributed by atoms with Gasteiger partial charge in [-0.3, -0.25) is 0 Å². The molecule has 0 unspecified atom stereocenters. The van der Waals surface area contributed by atoms with Gasteiger partial charge in [-0.2, -0.15) is 0 Å². The van der Waals surface area contributed by atoms with Crippen molar-refractivity contribution >= 4 is 28.2 Å². The minimum Gasteiger partial charge on any atom is -0.478 e. The first-order chi connectivity index (χ1) is 10.2. The molecule has 0 aliphatic carbocycles. The van der Waals surface area contributed by atoms with Gasteiger partial charge < -0.3 is 13.9 Å². The molecular weight excluding hydrogens is 272 g/mol. The predicted molar refractivity (Wildman–Crippen MR) is 74.0 cm³/mol. The third kappa shape index (κ3) is 1.85. The summed E-state index contributed by atoms with van der Waals surface area (Å²) in [5.41, 5.74) is 2.43. The maximum atomic E-state index is 10.9. The van der Waals surface area contributed by atoms with Crippen molar-refractivity contribution in [2.75, 3.05) is 0 Å². The van der Waals surface area contributed by atoms with Crippen molar-refractivity contribution in [3.05, 3.63) is 48.0 Å². The molecule has 2 aromatic heterocycles. The van der Waals surface area contributed by atoms with E-state index in [1.54, 1.807) is 12.1 Å². The van der Waals surface area contributed by atoms with Crippen LogP contribution >= 0.6 is 0 Å². The third-order valence-corrected chi connectivity index (χ3v) is 3.11. The molecule has 6 heteroatoms. The SMILES string of the molecule is O=C(O)c1ccc2nc(-c3nc4ccccc4o3)oc2c1. The van der Waals surface area contributed by atoms with E-state index < -0.39 is 5.97 Å². The molecule has 0 saturated carbocycles. The second-order valence-corrected chi connectivity index (χ2v) is 4.49. The Hall–Kier alpha value is -3.15. The van der Waals surface area contributed by atoms with E-state index in [9.17, 15) is 4.79 Å². The Bertz CT molecular complexity index is 951. The van der Waals surface area contributed by atoms with Crippen LogP contribution in [0.4, 0.5) is 0 Å². The molecule has 0 aliphatic heterocycles. The first-order valence-corrected chi connectivity index (χ1v) is 6.20. The summed E-state index contributed by atoms with van der Waals surface area (Å²) >= 11 is 0. The van der Waals surface area contributed by atoms with Crippen molar-refractivity contribution in [1.82, 2.24) is 9.97 Å². The van der Waals surface area contributed by atoms with Gasteiger partial charge in [0.15, 0.2) is 11.2 Å². The zero-order valence-electron chi connectivity index (χ0n) is 10.6. The molecule has 0 spiro atoms. The minimum atomic E-state index is -1.02. The van der Waals surface area contributed by atoms with Crippen molar-refractivity contribution < 1.29 is 18.7 Å². The molecule has 4 aromatic rings. The monoisotopic (exact) mass is 280 g/mol. The van der Waals surface area contributed by atoms with E-state index in [1.807, 2.05) is 18.2 Å². The number of carbonyl (C=O) groups is 1. The van der Waals surface area contributed by atoms with E-state index in [2.05, 4.69) is 9.97 Å². The molecule has 21 heavy (non-hydrogen) atoms. The Morgan fingerprint density at radius 2 is 1.57 bits per heavy atom. The summed E-state index contributed by atoms with van der Waals surface area (Å²) in [6, 6.07) is 11.8. The second kappa shape index (κ2) is 4.17. The number of benzene rings is 2. The average Bonchev–Trinajstić information content (AvgIpc) is 3.09. The number of aromatic carboxylic acids is 1. The molecule has 0 saturated heterocycles. The molecular formula is C15H8N2O4. The fraction of sp³-hybridized carbons (Fsp3) is 0. The molecule has 2 heterocycles. The molecule has 0 bridgehead atoms. The highest BCUT2D eigenvalue weighted by Gasteiger charge is 2.16. The van der Waals surface area contributed by atoms with Gasteiger partial charge in [0.1, 0.15) is 11.0 Å². The molecule has 0 atom stereocenters. The number of para-hydroxylation sites is 2. The van der Waals surface area contributed by atoms with Gasteiger partial charge in [0, 0.05) is 0 Å². The fourth-order valence-corrected chi connectivity index (χ4v) is 2.11. The topological polar surface area (TPSA) is 89.4 Å². The van der Waals surface area contributed by atoms with E-state index in [4.69, 9.17) is 13.9 Å². The van der Waals surface area contributed by atoms with Crippen molar-refractivity contribution in [3.63, 3.8) is 0 Å². The van der Waals surface area contributed by atoms with Gasteiger partial charge in [0.25, 0.3) is 11.8 Å². The van der Waals surface area contributed by atoms with Crippen LogP contribution in [0.3, 0.4) is 0 Å². The highest BCUT2D eigenvalue weighted by Crippen LogP contribution is 2.27. The highest BCUT2D eigenvalue weighted by molar-refractivity contribution is 5.92. The average molecular weight is 280 g/mol. The van der Waals surface area contributed by atoms with Crippen molar-refractivity contribution in [3.8, 4) is 11.8 Å². The molecule has 0 amide bonds. The minimum absolute atomic E-state index is 0.141. The molecule has 1 N–H and O–H groups in total. The van der Waals surface area contributed by atoms with Crippen LogP contribution in [0.15, 0.2) is 51.3 Å². The highest BCUT2D eigenvalue weighted by atomic mass is 16.4. The molecule has 6 nitrogen and oxygen atoms in total. The standard InChI is InChI=1S/C15H8N2O4/c18-15(19)8-5-6-10-12(7-8)21-14(17-10)13-16-9-3-1-2-4-11(9)20-13/h1-7H,(H,18,19). The molecule has 2 aromatic carbocycles. The van der Waals surface area contributed by atoms with E-state index >= 15 is 0 Å². The summed E-state index contributed by atoms with van der Waals surface area (Å²) in [4.78, 5) is 19.5. The molecule has 4 rings (SSSR count). The van der Waals surface area contributed by atoms with Crippen molar-refractivity contribution in [1.29, 1.82) is 0 Å². The van der Waals surface area contributed by atoms with Crippen LogP contribution in [0.5, 0.6) is 0 Å². The normalized spacial score (nSPS) is 11.2. The molecule has 0 aliphatic rings. The number of rotatable bonds is 2. The third-order valence-electron chi connectivity index (χ3n) is 3.11. The number of hydrogen-bond acceptors (Lipinski definition) is 5. The maximum absolute atomic E-state index is 10.9. The maximum Gasteiger partial charge on any atom is 0.335 e. The van der Waals surface area contributed by atoms with Crippen molar-refractivity contribution in [2.45, 2.75) is 0 Å². The van der Waals surface area contributed by atoms with E-state index in [0.717, 1.165) is 0 Å². The lowest BCUT2D eigenvalue weighted by Crippen LogP contribution is -1.94. The lowest BCUT2D eigenvalue weighted by molar-refractivity contribution is 0.0697. The van der Waals surface area contributed by atoms with Gasteiger partial charge in [-0.25, -0.2) is 14.8 Å². The Balaban J connectivity index is 1.87. The molecule has 102 valence electrons. The first kappa shape index (κ1) is 11.7. The van der Waals surface area contributed by atoms with Crippen molar-refractivity contribution in [2.24, 2.45) is 0 Å². The molecule has 0 fully saturated rings. The Labute approximate surface area is 117 Å².